The summed E-state index contributed by atoms with van der Waals surface area (Å²) in [6.45, 7) is 14.7. The monoisotopic (exact) mass is 1160 g/mol. The largest absolute Gasteiger partial charge is 0.497 e. The van der Waals surface area contributed by atoms with Crippen LogP contribution < -0.4 is 18.9 Å². The summed E-state index contributed by atoms with van der Waals surface area (Å²) in [5, 5.41) is 2.14. The summed E-state index contributed by atoms with van der Waals surface area (Å²) in [6, 6.07) is 45.1. The molecule has 13 nitrogen and oxygen atoms in total. The lowest BCUT2D eigenvalue weighted by atomic mass is 9.99. The predicted octanol–water partition coefficient (Wildman–Crippen LogP) is 15.6. The van der Waals surface area contributed by atoms with E-state index in [1.807, 2.05) is 117 Å². The Labute approximate surface area is 496 Å². The molecule has 0 radical (unpaired) electrons. The molecule has 15 heteroatoms. The molecular weight excluding hydrogens is 1090 g/mol. The van der Waals surface area contributed by atoms with Gasteiger partial charge in [0.25, 0.3) is 0 Å². The molecule has 0 fully saturated rings. The van der Waals surface area contributed by atoms with Gasteiger partial charge in [0.15, 0.2) is 52.0 Å². The van der Waals surface area contributed by atoms with E-state index in [0.29, 0.717) is 23.3 Å². The molecule has 0 bridgehead atoms. The first-order chi connectivity index (χ1) is 40.3. The van der Waals surface area contributed by atoms with Gasteiger partial charge >= 0.3 is 0 Å². The van der Waals surface area contributed by atoms with Gasteiger partial charge in [-0.1, -0.05) is 84.9 Å². The minimum Gasteiger partial charge on any atom is -0.497 e. The van der Waals surface area contributed by atoms with Gasteiger partial charge in [-0.3, -0.25) is 33.6 Å². The summed E-state index contributed by atoms with van der Waals surface area (Å²) in [4.78, 5) is 78.2. The maximum Gasteiger partial charge on any atom is 0.160 e. The average Bonchev–Trinajstić information content (AvgIpc) is 3.68. The molecule has 1 unspecified atom stereocenters. The molecule has 0 heterocycles. The third-order valence-corrected chi connectivity index (χ3v) is 12.7. The second-order valence-electron chi connectivity index (χ2n) is 19.2. The van der Waals surface area contributed by atoms with Crippen molar-refractivity contribution in [3.05, 3.63) is 214 Å². The van der Waals surface area contributed by atoms with Gasteiger partial charge < -0.3 is 28.4 Å². The van der Waals surface area contributed by atoms with Crippen molar-refractivity contribution in [2.24, 2.45) is 0 Å². The number of Topliss-reactive ketones (excluding diaryl/α,β-unsaturated/α-hetero) is 7. The third-order valence-electron chi connectivity index (χ3n) is 12.7. The van der Waals surface area contributed by atoms with E-state index in [9.17, 15) is 42.3 Å². The molecule has 85 heavy (non-hydrogen) atoms. The molecule has 0 aliphatic heterocycles. The van der Waals surface area contributed by atoms with Crippen LogP contribution >= 0.6 is 0 Å². The van der Waals surface area contributed by atoms with E-state index in [2.05, 4.69) is 0 Å². The van der Waals surface area contributed by atoms with Crippen LogP contribution in [0.2, 0.25) is 0 Å². The molecule has 446 valence electrons. The molecule has 0 aliphatic rings. The lowest BCUT2D eigenvalue weighted by Gasteiger charge is -2.07. The fourth-order valence-electron chi connectivity index (χ4n) is 7.64. The maximum atomic E-state index is 13.9. The lowest BCUT2D eigenvalue weighted by Crippen LogP contribution is -2.11. The summed E-state index contributed by atoms with van der Waals surface area (Å²) < 4.78 is 57.9. The van der Waals surface area contributed by atoms with Gasteiger partial charge in [0.2, 0.25) is 0 Å². The molecule has 0 N–H and O–H groups in total. The highest BCUT2D eigenvalue weighted by molar-refractivity contribution is 6.04. The molecule has 0 amide bonds. The smallest absolute Gasteiger partial charge is 0.160 e. The van der Waals surface area contributed by atoms with Crippen LogP contribution in [-0.4, -0.2) is 95.9 Å². The van der Waals surface area contributed by atoms with E-state index in [1.54, 1.807) is 56.5 Å². The Hall–Kier alpha value is -9.31. The van der Waals surface area contributed by atoms with E-state index in [4.69, 9.17) is 28.4 Å². The summed E-state index contributed by atoms with van der Waals surface area (Å²) in [6.07, 6.45) is 0.227. The van der Waals surface area contributed by atoms with Crippen LogP contribution in [-0.2, 0) is 9.47 Å². The van der Waals surface area contributed by atoms with Crippen molar-refractivity contribution in [1.82, 2.24) is 0 Å². The number of ketones is 7. The van der Waals surface area contributed by atoms with Crippen molar-refractivity contribution in [3.63, 3.8) is 0 Å². The summed E-state index contributed by atoms with van der Waals surface area (Å²) in [5.74, 6) is 1.09. The number of ether oxygens (including phenoxy) is 6. The van der Waals surface area contributed by atoms with E-state index in [1.165, 1.54) is 82.6 Å². The number of hydrogen-bond donors (Lipinski definition) is 0. The van der Waals surface area contributed by atoms with Gasteiger partial charge in [-0.25, -0.2) is 8.78 Å². The van der Waals surface area contributed by atoms with E-state index >= 15 is 0 Å². The Morgan fingerprint density at radius 2 is 0.729 bits per heavy atom. The summed E-state index contributed by atoms with van der Waals surface area (Å²) in [7, 11) is 9.89. The molecule has 8 aromatic rings. The van der Waals surface area contributed by atoms with E-state index in [-0.39, 0.29) is 68.8 Å². The van der Waals surface area contributed by atoms with Crippen LogP contribution in [0.5, 0.6) is 23.0 Å². The Bertz CT molecular complexity index is 3450. The summed E-state index contributed by atoms with van der Waals surface area (Å²) in [5.41, 5.74) is 6.62. The van der Waals surface area contributed by atoms with Gasteiger partial charge in [-0.15, -0.1) is 0 Å². The number of fused-ring (bicyclic) bond motifs is 1. The second kappa shape index (κ2) is 35.0. The van der Waals surface area contributed by atoms with Gasteiger partial charge in [-0.2, -0.15) is 0 Å². The number of halogens is 2. The fourth-order valence-corrected chi connectivity index (χ4v) is 7.64. The Kier molecular flexibility index (Phi) is 28.8. The predicted molar refractivity (Wildman–Crippen MR) is 330 cm³/mol. The molecular formula is C70H74F2O13. The lowest BCUT2D eigenvalue weighted by molar-refractivity contribution is 0.0401. The quantitative estimate of drug-likeness (QED) is 0.0837. The highest BCUT2D eigenvalue weighted by Crippen LogP contribution is 2.29. The Balaban J connectivity index is 0.000000273. The number of carbonyl (C=O) groups is 7. The molecule has 0 spiro atoms. The molecule has 0 aliphatic carbocycles. The number of rotatable bonds is 16. The number of hydrogen-bond acceptors (Lipinski definition) is 13. The molecule has 8 aromatic carbocycles. The molecule has 0 aromatic heterocycles. The number of methoxy groups -OCH3 is 6. The normalized spacial score (nSPS) is 10.4. The van der Waals surface area contributed by atoms with Crippen molar-refractivity contribution in [2.45, 2.75) is 68.4 Å². The van der Waals surface area contributed by atoms with Crippen molar-refractivity contribution >= 4 is 51.3 Å². The minimum atomic E-state index is -0.674. The van der Waals surface area contributed by atoms with Crippen LogP contribution in [0.1, 0.15) is 133 Å². The number of carbonyl (C=O) groups excluding carboxylic acids is 7. The maximum absolute atomic E-state index is 13.9. The highest BCUT2D eigenvalue weighted by atomic mass is 19.1. The van der Waals surface area contributed by atoms with Gasteiger partial charge in [0, 0.05) is 64.3 Å². The zero-order valence-electron chi connectivity index (χ0n) is 50.9. The van der Waals surface area contributed by atoms with Gasteiger partial charge in [0.1, 0.15) is 23.1 Å². The topological polar surface area (TPSA) is 175 Å². The first kappa shape index (κ1) is 70.0. The number of aryl methyl sites for hydroxylation is 1. The van der Waals surface area contributed by atoms with Crippen molar-refractivity contribution in [2.75, 3.05) is 49.3 Å². The first-order valence-corrected chi connectivity index (χ1v) is 26.6. The van der Waals surface area contributed by atoms with E-state index < -0.39 is 11.6 Å². The number of benzene rings is 8. The third kappa shape index (κ3) is 22.4. The zero-order valence-corrected chi connectivity index (χ0v) is 50.9. The van der Waals surface area contributed by atoms with Crippen LogP contribution in [0.3, 0.4) is 0 Å². The van der Waals surface area contributed by atoms with Crippen LogP contribution in [0.15, 0.2) is 158 Å². The summed E-state index contributed by atoms with van der Waals surface area (Å²) >= 11 is 0. The van der Waals surface area contributed by atoms with Gasteiger partial charge in [0.05, 0.1) is 41.2 Å². The van der Waals surface area contributed by atoms with Gasteiger partial charge in [-0.05, 0) is 163 Å². The zero-order chi connectivity index (χ0) is 63.5. The molecule has 1 atom stereocenters. The van der Waals surface area contributed by atoms with Crippen molar-refractivity contribution in [3.8, 4) is 45.3 Å². The SMILES string of the molecule is CC(=O)c1cc(C(C)=O)cc(C(C)=O)c1.CC(=O)c1ccc(-c2ccc(C(C)=O)cc2F)c(F)c1.COCC(C)OC.COc1ccc(-c2ccc(C(C)=O)cc2)cc1.COc1ccc(C)cc1OC.COc1ccc2cc(C(C)=O)ccc2c1. The van der Waals surface area contributed by atoms with Crippen LogP contribution in [0, 0.1) is 18.6 Å². The minimum absolute atomic E-state index is 0.0580. The molecule has 0 saturated carbocycles. The Morgan fingerprint density at radius 3 is 1.09 bits per heavy atom. The van der Waals surface area contributed by atoms with E-state index in [0.717, 1.165) is 68.2 Å². The molecule has 8 rings (SSSR count). The van der Waals surface area contributed by atoms with Crippen LogP contribution in [0.4, 0.5) is 8.78 Å². The van der Waals surface area contributed by atoms with Crippen molar-refractivity contribution < 1.29 is 70.8 Å². The van der Waals surface area contributed by atoms with Crippen molar-refractivity contribution in [1.29, 1.82) is 0 Å². The Morgan fingerprint density at radius 1 is 0.365 bits per heavy atom. The fraction of sp³-hybridized carbons (Fsp3) is 0.243. The average molecular weight is 1160 g/mol. The first-order valence-electron chi connectivity index (χ1n) is 26.6. The highest BCUT2D eigenvalue weighted by Gasteiger charge is 2.15. The standard InChI is InChI=1S/C16H12F2O2.C15H14O2.C13H12O2.C12H12O3.C9H12O2.C5H12O2/c1-9(19)11-3-5-13(15(17)7-11)14-6-4-12(10(2)20)8-16(14)18;1-11(16)12-3-5-13(6-4-12)14-7-9-15(17-2)10-8-14;1-9(14)10-3-4-12-8-13(15-2)6-5-11(12)7-10;1-7(13)10-4-11(8(2)14)6-12(5-10)9(3)15;1-7-4-5-8(10-2)9(6-7)11-3;1-5(7-3)4-6-2/h3-8H,1-2H3;3-10H,1-2H3;3-8H,1-2H3;4-6H,1-3H3;4-6H,1-3H3;5H,4H2,1-3H3. The molecule has 0 saturated heterocycles. The van der Waals surface area contributed by atoms with Crippen LogP contribution in [0.25, 0.3) is 33.0 Å². The second-order valence-corrected chi connectivity index (χ2v) is 19.2.